The molecule has 1 aliphatic heterocycles. The number of carbonyl (C=O) groups is 1. The van der Waals surface area contributed by atoms with Crippen molar-refractivity contribution in [1.29, 1.82) is 0 Å². The number of benzene rings is 1. The van der Waals surface area contributed by atoms with Crippen molar-refractivity contribution in [2.24, 2.45) is 0 Å². The zero-order chi connectivity index (χ0) is 11.7. The zero-order valence-electron chi connectivity index (χ0n) is 10.2. The highest BCUT2D eigenvalue weighted by Gasteiger charge is 2.17. The molecule has 0 atom stereocenters. The maximum absolute atomic E-state index is 11.6. The lowest BCUT2D eigenvalue weighted by Gasteiger charge is -2.21. The molecule has 0 saturated carbocycles. The van der Waals surface area contributed by atoms with Crippen LogP contribution in [0.1, 0.15) is 12.0 Å². The van der Waals surface area contributed by atoms with Gasteiger partial charge in [-0.05, 0) is 23.8 Å². The molecule has 0 radical (unpaired) electrons. The number of hydrogen-bond donors (Lipinski definition) is 0. The van der Waals surface area contributed by atoms with Crippen molar-refractivity contribution in [3.8, 4) is 0 Å². The van der Waals surface area contributed by atoms with E-state index >= 15 is 0 Å². The molecule has 1 aromatic rings. The van der Waals surface area contributed by atoms with Crippen LogP contribution < -0.4 is 9.80 Å². The lowest BCUT2D eigenvalue weighted by Crippen LogP contribution is -2.18. The summed E-state index contributed by atoms with van der Waals surface area (Å²) in [6.45, 7) is 0.827. The van der Waals surface area contributed by atoms with Gasteiger partial charge in [0.1, 0.15) is 5.78 Å². The van der Waals surface area contributed by atoms with Crippen molar-refractivity contribution < 1.29 is 4.79 Å². The molecule has 0 spiro atoms. The van der Waals surface area contributed by atoms with Crippen LogP contribution in [0.3, 0.4) is 0 Å². The van der Waals surface area contributed by atoms with E-state index in [-0.39, 0.29) is 0 Å². The standard InChI is InChI=1S/C13H18N2O/c1-14(2)11-4-5-13-10(8-11)9-12(16)6-7-15(13)3/h4-5,8H,6-7,9H2,1-3H3. The van der Waals surface area contributed by atoms with E-state index < -0.39 is 0 Å². The Bertz CT molecular complexity index is 412. The molecule has 0 unspecified atom stereocenters. The summed E-state index contributed by atoms with van der Waals surface area (Å²) in [5, 5.41) is 0. The van der Waals surface area contributed by atoms with Gasteiger partial charge in [0.05, 0.1) is 0 Å². The molecule has 1 heterocycles. The van der Waals surface area contributed by atoms with Gasteiger partial charge in [0, 0.05) is 51.9 Å². The molecule has 2 rings (SSSR count). The fourth-order valence-corrected chi connectivity index (χ4v) is 2.08. The topological polar surface area (TPSA) is 23.6 Å². The largest absolute Gasteiger partial charge is 0.378 e. The van der Waals surface area contributed by atoms with Gasteiger partial charge in [0.2, 0.25) is 0 Å². The first-order valence-corrected chi connectivity index (χ1v) is 5.61. The second-order valence-electron chi connectivity index (χ2n) is 4.59. The van der Waals surface area contributed by atoms with Gasteiger partial charge in [0.25, 0.3) is 0 Å². The van der Waals surface area contributed by atoms with Gasteiger partial charge in [-0.3, -0.25) is 4.79 Å². The van der Waals surface area contributed by atoms with Crippen LogP contribution in [0.15, 0.2) is 18.2 Å². The van der Waals surface area contributed by atoms with Gasteiger partial charge in [-0.25, -0.2) is 0 Å². The third kappa shape index (κ3) is 2.03. The van der Waals surface area contributed by atoms with E-state index in [9.17, 15) is 4.79 Å². The number of hydrogen-bond acceptors (Lipinski definition) is 3. The minimum Gasteiger partial charge on any atom is -0.378 e. The fraction of sp³-hybridized carbons (Fsp3) is 0.462. The van der Waals surface area contributed by atoms with E-state index in [2.05, 4.69) is 28.0 Å². The van der Waals surface area contributed by atoms with E-state index in [1.807, 2.05) is 21.1 Å². The number of Topliss-reactive ketones (excluding diaryl/α,β-unsaturated/α-hetero) is 1. The average Bonchev–Trinajstić information content (AvgIpc) is 2.38. The number of carbonyl (C=O) groups excluding carboxylic acids is 1. The smallest absolute Gasteiger partial charge is 0.139 e. The fourth-order valence-electron chi connectivity index (χ4n) is 2.08. The first-order chi connectivity index (χ1) is 7.58. The lowest BCUT2D eigenvalue weighted by atomic mass is 10.1. The molecule has 16 heavy (non-hydrogen) atoms. The van der Waals surface area contributed by atoms with Crippen LogP contribution in [-0.2, 0) is 11.2 Å². The van der Waals surface area contributed by atoms with Crippen LogP contribution >= 0.6 is 0 Å². The van der Waals surface area contributed by atoms with Crippen LogP contribution in [0.5, 0.6) is 0 Å². The third-order valence-electron chi connectivity index (χ3n) is 3.10. The maximum Gasteiger partial charge on any atom is 0.139 e. The Morgan fingerprint density at radius 3 is 2.75 bits per heavy atom. The molecular weight excluding hydrogens is 200 g/mol. The Hall–Kier alpha value is -1.51. The summed E-state index contributed by atoms with van der Waals surface area (Å²) in [7, 11) is 6.08. The number of rotatable bonds is 1. The Morgan fingerprint density at radius 1 is 1.31 bits per heavy atom. The minimum atomic E-state index is 0.335. The molecule has 0 amide bonds. The second-order valence-corrected chi connectivity index (χ2v) is 4.59. The van der Waals surface area contributed by atoms with E-state index in [0.717, 1.165) is 17.8 Å². The summed E-state index contributed by atoms with van der Waals surface area (Å²) in [6.07, 6.45) is 1.23. The van der Waals surface area contributed by atoms with Crippen LogP contribution in [0, 0.1) is 0 Å². The Kier molecular flexibility index (Phi) is 2.86. The normalized spacial score (nSPS) is 15.7. The average molecular weight is 218 g/mol. The van der Waals surface area contributed by atoms with Crippen LogP contribution in [0.2, 0.25) is 0 Å². The summed E-state index contributed by atoms with van der Waals surface area (Å²) in [5.74, 6) is 0.335. The molecular formula is C13H18N2O. The van der Waals surface area contributed by atoms with Crippen molar-refractivity contribution in [2.75, 3.05) is 37.5 Å². The summed E-state index contributed by atoms with van der Waals surface area (Å²) < 4.78 is 0. The van der Waals surface area contributed by atoms with Gasteiger partial charge < -0.3 is 9.80 Å². The summed E-state index contributed by atoms with van der Waals surface area (Å²) >= 11 is 0. The molecule has 1 aromatic carbocycles. The van der Waals surface area contributed by atoms with Gasteiger partial charge in [-0.1, -0.05) is 0 Å². The number of fused-ring (bicyclic) bond motifs is 1. The summed E-state index contributed by atoms with van der Waals surface area (Å²) in [4.78, 5) is 15.9. The predicted octanol–water partition coefficient (Wildman–Crippen LogP) is 1.70. The number of ketones is 1. The summed E-state index contributed by atoms with van der Waals surface area (Å²) in [5.41, 5.74) is 3.49. The first kappa shape index (κ1) is 11.0. The highest BCUT2D eigenvalue weighted by molar-refractivity contribution is 5.85. The number of anilines is 2. The maximum atomic E-state index is 11.6. The van der Waals surface area contributed by atoms with Crippen LogP contribution in [-0.4, -0.2) is 33.5 Å². The van der Waals surface area contributed by atoms with Crippen molar-refractivity contribution in [3.63, 3.8) is 0 Å². The van der Waals surface area contributed by atoms with Gasteiger partial charge in [0.15, 0.2) is 0 Å². The molecule has 3 heteroatoms. The zero-order valence-corrected chi connectivity index (χ0v) is 10.2. The monoisotopic (exact) mass is 218 g/mol. The highest BCUT2D eigenvalue weighted by atomic mass is 16.1. The molecule has 0 fully saturated rings. The molecule has 0 bridgehead atoms. The van der Waals surface area contributed by atoms with Crippen LogP contribution in [0.4, 0.5) is 11.4 Å². The SMILES string of the molecule is CN(C)c1ccc2c(c1)CC(=O)CCN2C. The van der Waals surface area contributed by atoms with Gasteiger partial charge >= 0.3 is 0 Å². The van der Waals surface area contributed by atoms with Crippen molar-refractivity contribution >= 4 is 17.2 Å². The van der Waals surface area contributed by atoms with Crippen LogP contribution in [0.25, 0.3) is 0 Å². The molecule has 3 nitrogen and oxygen atoms in total. The van der Waals surface area contributed by atoms with Crippen molar-refractivity contribution in [1.82, 2.24) is 0 Å². The van der Waals surface area contributed by atoms with Gasteiger partial charge in [-0.15, -0.1) is 0 Å². The summed E-state index contributed by atoms with van der Waals surface area (Å²) in [6, 6.07) is 6.34. The third-order valence-corrected chi connectivity index (χ3v) is 3.10. The molecule has 1 aliphatic rings. The lowest BCUT2D eigenvalue weighted by molar-refractivity contribution is -0.118. The first-order valence-electron chi connectivity index (χ1n) is 5.61. The Labute approximate surface area is 96.7 Å². The van der Waals surface area contributed by atoms with E-state index in [0.29, 0.717) is 18.6 Å². The Morgan fingerprint density at radius 2 is 2.06 bits per heavy atom. The predicted molar refractivity (Wildman–Crippen MR) is 67.4 cm³/mol. The molecule has 0 aromatic heterocycles. The van der Waals surface area contributed by atoms with E-state index in [1.165, 1.54) is 5.69 Å². The van der Waals surface area contributed by atoms with E-state index in [4.69, 9.17) is 0 Å². The minimum absolute atomic E-state index is 0.335. The molecule has 0 saturated heterocycles. The highest BCUT2D eigenvalue weighted by Crippen LogP contribution is 2.27. The van der Waals surface area contributed by atoms with Gasteiger partial charge in [-0.2, -0.15) is 0 Å². The second kappa shape index (κ2) is 4.16. The van der Waals surface area contributed by atoms with Crippen molar-refractivity contribution in [3.05, 3.63) is 23.8 Å². The Balaban J connectivity index is 2.43. The molecule has 0 aliphatic carbocycles. The quantitative estimate of drug-likeness (QED) is 0.717. The molecule has 86 valence electrons. The molecule has 0 N–H and O–H groups in total. The van der Waals surface area contributed by atoms with E-state index in [1.54, 1.807) is 0 Å². The number of nitrogens with zero attached hydrogens (tertiary/aromatic N) is 2. The van der Waals surface area contributed by atoms with Crippen molar-refractivity contribution in [2.45, 2.75) is 12.8 Å².